The molecule has 126 valence electrons. The van der Waals surface area contributed by atoms with Crippen molar-refractivity contribution in [2.75, 3.05) is 20.2 Å². The third kappa shape index (κ3) is 3.88. The number of ether oxygens (including phenoxy) is 1. The van der Waals surface area contributed by atoms with E-state index in [1.54, 1.807) is 18.7 Å². The van der Waals surface area contributed by atoms with Gasteiger partial charge in [-0.05, 0) is 44.9 Å². The molecule has 1 fully saturated rings. The normalized spacial score (nSPS) is 18.7. The van der Waals surface area contributed by atoms with Crippen molar-refractivity contribution in [2.45, 2.75) is 32.2 Å². The maximum Gasteiger partial charge on any atom is 0.242 e. The molecule has 0 radical (unpaired) electrons. The number of nitrogens with two attached hydrogens (primary N) is 1. The van der Waals surface area contributed by atoms with E-state index in [2.05, 4.69) is 0 Å². The molecular weight excluding hydrogens is 299 g/mol. The molecule has 1 saturated heterocycles. The zero-order chi connectivity index (χ0) is 17.2. The van der Waals surface area contributed by atoms with E-state index in [4.69, 9.17) is 10.5 Å². The average molecular weight is 322 g/mol. The Morgan fingerprint density at radius 3 is 2.70 bits per heavy atom. The van der Waals surface area contributed by atoms with E-state index in [1.807, 2.05) is 0 Å². The number of hydrogen-bond donors (Lipinski definition) is 1. The predicted octanol–water partition coefficient (Wildman–Crippen LogP) is 1.99. The summed E-state index contributed by atoms with van der Waals surface area (Å²) in [5, 5.41) is 0. The highest BCUT2D eigenvalue weighted by Crippen LogP contribution is 2.27. The highest BCUT2D eigenvalue weighted by molar-refractivity contribution is 6.01. The van der Waals surface area contributed by atoms with Gasteiger partial charge < -0.3 is 15.4 Å². The molecule has 5 nitrogen and oxygen atoms in total. The minimum atomic E-state index is -0.971. The first-order valence-electron chi connectivity index (χ1n) is 7.70. The Hall–Kier alpha value is -1.95. The monoisotopic (exact) mass is 322 g/mol. The Kier molecular flexibility index (Phi) is 5.04. The summed E-state index contributed by atoms with van der Waals surface area (Å²) in [6, 6.07) is 3.88. The molecule has 1 aromatic rings. The second kappa shape index (κ2) is 6.66. The van der Waals surface area contributed by atoms with Crippen molar-refractivity contribution >= 4 is 11.7 Å². The van der Waals surface area contributed by atoms with Crippen LogP contribution in [-0.2, 0) is 4.79 Å². The van der Waals surface area contributed by atoms with Gasteiger partial charge in [-0.25, -0.2) is 4.39 Å². The van der Waals surface area contributed by atoms with Crippen LogP contribution in [0, 0.1) is 11.7 Å². The summed E-state index contributed by atoms with van der Waals surface area (Å²) in [6.45, 7) is 4.19. The Bertz CT molecular complexity index is 610. The van der Waals surface area contributed by atoms with Gasteiger partial charge in [0, 0.05) is 19.0 Å². The fraction of sp³-hybridized carbons (Fsp3) is 0.529. The lowest BCUT2D eigenvalue weighted by molar-refractivity contribution is -0.137. The molecule has 0 saturated carbocycles. The van der Waals surface area contributed by atoms with Gasteiger partial charge >= 0.3 is 0 Å². The van der Waals surface area contributed by atoms with E-state index in [9.17, 15) is 14.0 Å². The van der Waals surface area contributed by atoms with Gasteiger partial charge in [-0.2, -0.15) is 0 Å². The van der Waals surface area contributed by atoms with Crippen molar-refractivity contribution < 1.29 is 18.7 Å². The summed E-state index contributed by atoms with van der Waals surface area (Å²) >= 11 is 0. The quantitative estimate of drug-likeness (QED) is 0.861. The van der Waals surface area contributed by atoms with E-state index in [-0.39, 0.29) is 23.2 Å². The molecule has 2 rings (SSSR count). The largest absolute Gasteiger partial charge is 0.496 e. The van der Waals surface area contributed by atoms with Gasteiger partial charge in [-0.3, -0.25) is 9.59 Å². The summed E-state index contributed by atoms with van der Waals surface area (Å²) in [5.74, 6) is -0.888. The standard InChI is InChI=1S/C17H23FN2O3/c1-17(2,19)16(22)20-8-4-5-11(10-20)15(21)13-9-12(18)6-7-14(13)23-3/h6-7,9,11H,4-5,8,10,19H2,1-3H3. The van der Waals surface area contributed by atoms with Crippen LogP contribution in [0.5, 0.6) is 5.75 Å². The number of rotatable bonds is 4. The summed E-state index contributed by atoms with van der Waals surface area (Å²) in [7, 11) is 1.44. The van der Waals surface area contributed by atoms with Crippen molar-refractivity contribution in [3.8, 4) is 5.75 Å². The SMILES string of the molecule is COc1ccc(F)cc1C(=O)C1CCCN(C(=O)C(C)(C)N)C1. The number of hydrogen-bond acceptors (Lipinski definition) is 4. The van der Waals surface area contributed by atoms with E-state index in [0.717, 1.165) is 6.42 Å². The molecule has 0 spiro atoms. The smallest absolute Gasteiger partial charge is 0.242 e. The van der Waals surface area contributed by atoms with Gasteiger partial charge in [-0.15, -0.1) is 0 Å². The van der Waals surface area contributed by atoms with Crippen LogP contribution < -0.4 is 10.5 Å². The molecule has 1 amide bonds. The third-order valence-electron chi connectivity index (χ3n) is 4.06. The van der Waals surface area contributed by atoms with E-state index in [0.29, 0.717) is 25.3 Å². The van der Waals surface area contributed by atoms with Gasteiger partial charge in [0.15, 0.2) is 5.78 Å². The van der Waals surface area contributed by atoms with E-state index in [1.165, 1.54) is 25.3 Å². The molecule has 0 aliphatic carbocycles. The van der Waals surface area contributed by atoms with Crippen molar-refractivity contribution in [1.82, 2.24) is 4.90 Å². The van der Waals surface area contributed by atoms with Crippen LogP contribution in [0.1, 0.15) is 37.0 Å². The maximum absolute atomic E-state index is 13.5. The van der Waals surface area contributed by atoms with E-state index >= 15 is 0 Å². The number of methoxy groups -OCH3 is 1. The molecule has 1 aromatic carbocycles. The van der Waals surface area contributed by atoms with Gasteiger partial charge in [-0.1, -0.05) is 0 Å². The minimum absolute atomic E-state index is 0.179. The topological polar surface area (TPSA) is 72.6 Å². The molecule has 1 heterocycles. The number of halogens is 1. The molecule has 1 atom stereocenters. The van der Waals surface area contributed by atoms with Crippen molar-refractivity contribution in [3.05, 3.63) is 29.6 Å². The Morgan fingerprint density at radius 2 is 2.09 bits per heavy atom. The van der Waals surface area contributed by atoms with Crippen molar-refractivity contribution in [3.63, 3.8) is 0 Å². The van der Waals surface area contributed by atoms with Gasteiger partial charge in [0.25, 0.3) is 0 Å². The van der Waals surface area contributed by atoms with Crippen LogP contribution >= 0.6 is 0 Å². The van der Waals surface area contributed by atoms with E-state index < -0.39 is 11.4 Å². The fourth-order valence-corrected chi connectivity index (χ4v) is 2.88. The van der Waals surface area contributed by atoms with Crippen molar-refractivity contribution in [2.24, 2.45) is 11.7 Å². The molecule has 0 bridgehead atoms. The molecule has 1 unspecified atom stereocenters. The molecule has 1 aliphatic heterocycles. The summed E-state index contributed by atoms with van der Waals surface area (Å²) in [5.41, 5.74) is 5.11. The second-order valence-corrected chi connectivity index (χ2v) is 6.52. The molecule has 1 aliphatic rings. The zero-order valence-electron chi connectivity index (χ0n) is 13.8. The number of carbonyl (C=O) groups excluding carboxylic acids is 2. The Balaban J connectivity index is 2.20. The zero-order valence-corrected chi connectivity index (χ0v) is 13.8. The Labute approximate surface area is 135 Å². The molecule has 2 N–H and O–H groups in total. The number of piperidine rings is 1. The summed E-state index contributed by atoms with van der Waals surface area (Å²) in [6.07, 6.45) is 1.38. The highest BCUT2D eigenvalue weighted by atomic mass is 19.1. The fourth-order valence-electron chi connectivity index (χ4n) is 2.88. The number of benzene rings is 1. The van der Waals surface area contributed by atoms with Crippen molar-refractivity contribution in [1.29, 1.82) is 0 Å². The minimum Gasteiger partial charge on any atom is -0.496 e. The number of likely N-dealkylation sites (tertiary alicyclic amines) is 1. The number of ketones is 1. The van der Waals surface area contributed by atoms with Gasteiger partial charge in [0.2, 0.25) is 5.91 Å². The highest BCUT2D eigenvalue weighted by Gasteiger charge is 2.34. The first-order chi connectivity index (χ1) is 10.7. The summed E-state index contributed by atoms with van der Waals surface area (Å²) in [4.78, 5) is 26.7. The van der Waals surface area contributed by atoms with Gasteiger partial charge in [0.1, 0.15) is 11.6 Å². The van der Waals surface area contributed by atoms with Crippen LogP contribution in [0.2, 0.25) is 0 Å². The lowest BCUT2D eigenvalue weighted by atomic mass is 9.88. The average Bonchev–Trinajstić information content (AvgIpc) is 2.52. The molecule has 0 aromatic heterocycles. The van der Waals surface area contributed by atoms with Crippen LogP contribution in [0.15, 0.2) is 18.2 Å². The van der Waals surface area contributed by atoms with Crippen LogP contribution in [0.4, 0.5) is 4.39 Å². The number of Topliss-reactive ketones (excluding diaryl/α,β-unsaturated/α-hetero) is 1. The van der Waals surface area contributed by atoms with Gasteiger partial charge in [0.05, 0.1) is 18.2 Å². The molecule has 23 heavy (non-hydrogen) atoms. The van der Waals surface area contributed by atoms with Crippen LogP contribution in [-0.4, -0.2) is 42.3 Å². The maximum atomic E-state index is 13.5. The lowest BCUT2D eigenvalue weighted by Gasteiger charge is -2.35. The molecular formula is C17H23FN2O3. The Morgan fingerprint density at radius 1 is 1.39 bits per heavy atom. The molecule has 6 heteroatoms. The first-order valence-corrected chi connectivity index (χ1v) is 7.70. The second-order valence-electron chi connectivity index (χ2n) is 6.52. The van der Waals surface area contributed by atoms with Crippen LogP contribution in [0.25, 0.3) is 0 Å². The number of nitrogens with zero attached hydrogens (tertiary/aromatic N) is 1. The predicted molar refractivity (Wildman–Crippen MR) is 84.9 cm³/mol. The first kappa shape index (κ1) is 17.4. The number of amides is 1. The third-order valence-corrected chi connectivity index (χ3v) is 4.06. The number of carbonyl (C=O) groups is 2. The lowest BCUT2D eigenvalue weighted by Crippen LogP contribution is -2.54. The van der Waals surface area contributed by atoms with Crippen LogP contribution in [0.3, 0.4) is 0 Å². The summed E-state index contributed by atoms with van der Waals surface area (Å²) < 4.78 is 18.6.